The minimum Gasteiger partial charge on any atom is -0.381 e. The number of nitrogens with one attached hydrogen (secondary N) is 1. The standard InChI is InChI=1S/C16H23NO2/c1-13-4-6-15(7-5-13)16(18)17-10-2-3-14-8-11-19-12-9-14/h4-7,14H,2-3,8-12H2,1H3,(H,17,18). The van der Waals surface area contributed by atoms with E-state index in [-0.39, 0.29) is 5.91 Å². The van der Waals surface area contributed by atoms with Crippen molar-refractivity contribution in [1.82, 2.24) is 5.32 Å². The molecule has 0 radical (unpaired) electrons. The third-order valence-electron chi connectivity index (χ3n) is 3.73. The van der Waals surface area contributed by atoms with Gasteiger partial charge in [-0.05, 0) is 50.7 Å². The number of aryl methyl sites for hydroxylation is 1. The van der Waals surface area contributed by atoms with Crippen LogP contribution in [0.15, 0.2) is 24.3 Å². The number of carbonyl (C=O) groups is 1. The summed E-state index contributed by atoms with van der Waals surface area (Å²) >= 11 is 0. The Morgan fingerprint density at radius 1 is 1.26 bits per heavy atom. The van der Waals surface area contributed by atoms with Gasteiger partial charge in [0, 0.05) is 25.3 Å². The molecule has 1 heterocycles. The molecule has 1 aliphatic heterocycles. The highest BCUT2D eigenvalue weighted by Crippen LogP contribution is 2.19. The maximum atomic E-state index is 11.9. The highest BCUT2D eigenvalue weighted by molar-refractivity contribution is 5.94. The van der Waals surface area contributed by atoms with Crippen LogP contribution in [0.2, 0.25) is 0 Å². The van der Waals surface area contributed by atoms with Gasteiger partial charge in [0.05, 0.1) is 0 Å². The molecule has 0 spiro atoms. The molecular weight excluding hydrogens is 238 g/mol. The van der Waals surface area contributed by atoms with Crippen molar-refractivity contribution in [1.29, 1.82) is 0 Å². The first-order valence-electron chi connectivity index (χ1n) is 7.18. The summed E-state index contributed by atoms with van der Waals surface area (Å²) in [6.07, 6.45) is 4.59. The van der Waals surface area contributed by atoms with E-state index in [2.05, 4.69) is 5.32 Å². The first-order valence-corrected chi connectivity index (χ1v) is 7.18. The van der Waals surface area contributed by atoms with Crippen molar-refractivity contribution < 1.29 is 9.53 Å². The molecule has 0 aromatic heterocycles. The third-order valence-corrected chi connectivity index (χ3v) is 3.73. The van der Waals surface area contributed by atoms with Gasteiger partial charge in [0.1, 0.15) is 0 Å². The zero-order chi connectivity index (χ0) is 13.5. The Morgan fingerprint density at radius 3 is 2.63 bits per heavy atom. The Labute approximate surface area is 115 Å². The van der Waals surface area contributed by atoms with E-state index >= 15 is 0 Å². The van der Waals surface area contributed by atoms with Crippen LogP contribution in [-0.4, -0.2) is 25.7 Å². The molecule has 1 N–H and O–H groups in total. The van der Waals surface area contributed by atoms with E-state index in [0.717, 1.165) is 37.7 Å². The van der Waals surface area contributed by atoms with E-state index in [4.69, 9.17) is 4.74 Å². The number of amides is 1. The van der Waals surface area contributed by atoms with Gasteiger partial charge in [-0.1, -0.05) is 17.7 Å². The monoisotopic (exact) mass is 261 g/mol. The molecule has 1 saturated heterocycles. The van der Waals surface area contributed by atoms with Crippen LogP contribution in [-0.2, 0) is 4.74 Å². The lowest BCUT2D eigenvalue weighted by Gasteiger charge is -2.21. The molecule has 0 saturated carbocycles. The molecule has 2 rings (SSSR count). The molecule has 0 bridgehead atoms. The second kappa shape index (κ2) is 7.29. The molecule has 1 aromatic rings. The van der Waals surface area contributed by atoms with Crippen LogP contribution in [0.3, 0.4) is 0 Å². The summed E-state index contributed by atoms with van der Waals surface area (Å²) in [5.41, 5.74) is 1.92. The van der Waals surface area contributed by atoms with Crippen molar-refractivity contribution in [2.45, 2.75) is 32.6 Å². The van der Waals surface area contributed by atoms with Crippen LogP contribution in [0.5, 0.6) is 0 Å². The average molecular weight is 261 g/mol. The van der Waals surface area contributed by atoms with Gasteiger partial charge in [0.2, 0.25) is 0 Å². The lowest BCUT2D eigenvalue weighted by molar-refractivity contribution is 0.0631. The lowest BCUT2D eigenvalue weighted by atomic mass is 9.95. The van der Waals surface area contributed by atoms with Gasteiger partial charge in [-0.2, -0.15) is 0 Å². The Hall–Kier alpha value is -1.35. The van der Waals surface area contributed by atoms with Crippen LogP contribution < -0.4 is 5.32 Å². The molecule has 1 aliphatic rings. The Morgan fingerprint density at radius 2 is 1.95 bits per heavy atom. The number of carbonyl (C=O) groups excluding carboxylic acids is 1. The van der Waals surface area contributed by atoms with Gasteiger partial charge < -0.3 is 10.1 Å². The first-order chi connectivity index (χ1) is 9.25. The summed E-state index contributed by atoms with van der Waals surface area (Å²) in [4.78, 5) is 11.9. The molecule has 3 nitrogen and oxygen atoms in total. The number of ether oxygens (including phenoxy) is 1. The van der Waals surface area contributed by atoms with Gasteiger partial charge in [-0.15, -0.1) is 0 Å². The maximum absolute atomic E-state index is 11.9. The summed E-state index contributed by atoms with van der Waals surface area (Å²) in [6.45, 7) is 4.60. The summed E-state index contributed by atoms with van der Waals surface area (Å²) < 4.78 is 5.34. The largest absolute Gasteiger partial charge is 0.381 e. The molecular formula is C16H23NO2. The second-order valence-corrected chi connectivity index (χ2v) is 5.32. The van der Waals surface area contributed by atoms with Crippen molar-refractivity contribution in [3.63, 3.8) is 0 Å². The van der Waals surface area contributed by atoms with Gasteiger partial charge in [-0.25, -0.2) is 0 Å². The van der Waals surface area contributed by atoms with Crippen LogP contribution in [0.1, 0.15) is 41.6 Å². The van der Waals surface area contributed by atoms with Gasteiger partial charge in [0.25, 0.3) is 5.91 Å². The van der Waals surface area contributed by atoms with Crippen LogP contribution in [0.4, 0.5) is 0 Å². The predicted molar refractivity (Wildman–Crippen MR) is 76.3 cm³/mol. The quantitative estimate of drug-likeness (QED) is 0.828. The smallest absolute Gasteiger partial charge is 0.251 e. The maximum Gasteiger partial charge on any atom is 0.251 e. The number of rotatable bonds is 5. The minimum absolute atomic E-state index is 0.0342. The fourth-order valence-corrected chi connectivity index (χ4v) is 2.43. The molecule has 0 unspecified atom stereocenters. The summed E-state index contributed by atoms with van der Waals surface area (Å²) in [6, 6.07) is 7.69. The molecule has 19 heavy (non-hydrogen) atoms. The molecule has 104 valence electrons. The molecule has 0 atom stereocenters. The van der Waals surface area contributed by atoms with Crippen molar-refractivity contribution >= 4 is 5.91 Å². The van der Waals surface area contributed by atoms with E-state index in [1.54, 1.807) is 0 Å². The normalized spacial score (nSPS) is 16.3. The average Bonchev–Trinajstić information content (AvgIpc) is 2.45. The highest BCUT2D eigenvalue weighted by atomic mass is 16.5. The van der Waals surface area contributed by atoms with Crippen LogP contribution in [0, 0.1) is 12.8 Å². The molecule has 3 heteroatoms. The molecule has 1 amide bonds. The Bertz CT molecular complexity index is 394. The number of benzene rings is 1. The van der Waals surface area contributed by atoms with Crippen molar-refractivity contribution in [3.8, 4) is 0 Å². The minimum atomic E-state index is 0.0342. The molecule has 0 aliphatic carbocycles. The number of hydrogen-bond acceptors (Lipinski definition) is 2. The Balaban J connectivity index is 1.64. The van der Waals surface area contributed by atoms with Gasteiger partial charge >= 0.3 is 0 Å². The predicted octanol–water partition coefficient (Wildman–Crippen LogP) is 2.93. The fourth-order valence-electron chi connectivity index (χ4n) is 2.43. The van der Waals surface area contributed by atoms with E-state index in [0.29, 0.717) is 0 Å². The summed E-state index contributed by atoms with van der Waals surface area (Å²) in [5.74, 6) is 0.817. The van der Waals surface area contributed by atoms with Crippen molar-refractivity contribution in [2.75, 3.05) is 19.8 Å². The zero-order valence-electron chi connectivity index (χ0n) is 11.7. The zero-order valence-corrected chi connectivity index (χ0v) is 11.7. The van der Waals surface area contributed by atoms with Crippen LogP contribution >= 0.6 is 0 Å². The van der Waals surface area contributed by atoms with E-state index in [1.807, 2.05) is 31.2 Å². The second-order valence-electron chi connectivity index (χ2n) is 5.32. The highest BCUT2D eigenvalue weighted by Gasteiger charge is 2.13. The van der Waals surface area contributed by atoms with E-state index in [9.17, 15) is 4.79 Å². The summed E-state index contributed by atoms with van der Waals surface area (Å²) in [7, 11) is 0. The van der Waals surface area contributed by atoms with Crippen LogP contribution in [0.25, 0.3) is 0 Å². The van der Waals surface area contributed by atoms with Crippen molar-refractivity contribution in [2.24, 2.45) is 5.92 Å². The Kier molecular flexibility index (Phi) is 5.40. The lowest BCUT2D eigenvalue weighted by Crippen LogP contribution is -2.25. The van der Waals surface area contributed by atoms with Gasteiger partial charge in [-0.3, -0.25) is 4.79 Å². The fraction of sp³-hybridized carbons (Fsp3) is 0.562. The van der Waals surface area contributed by atoms with E-state index < -0.39 is 0 Å². The third kappa shape index (κ3) is 4.67. The number of hydrogen-bond donors (Lipinski definition) is 1. The molecule has 1 aromatic carbocycles. The SMILES string of the molecule is Cc1ccc(C(=O)NCCCC2CCOCC2)cc1. The topological polar surface area (TPSA) is 38.3 Å². The van der Waals surface area contributed by atoms with Gasteiger partial charge in [0.15, 0.2) is 0 Å². The molecule has 1 fully saturated rings. The van der Waals surface area contributed by atoms with Crippen molar-refractivity contribution in [3.05, 3.63) is 35.4 Å². The summed E-state index contributed by atoms with van der Waals surface area (Å²) in [5, 5.41) is 2.99. The first kappa shape index (κ1) is 14.1. The van der Waals surface area contributed by atoms with E-state index in [1.165, 1.54) is 24.8 Å².